The van der Waals surface area contributed by atoms with Crippen LogP contribution >= 0.6 is 34.9 Å². The molecule has 0 saturated carbocycles. The SMILES string of the molecule is Cc1ccsc1CNC1CSCCSC1. The molecule has 1 fully saturated rings. The molecule has 0 bridgehead atoms. The summed E-state index contributed by atoms with van der Waals surface area (Å²) in [5.74, 6) is 5.19. The second kappa shape index (κ2) is 6.18. The third kappa shape index (κ3) is 3.70. The Bertz CT molecular complexity index is 290. The average molecular weight is 259 g/mol. The van der Waals surface area contributed by atoms with E-state index in [1.54, 1.807) is 0 Å². The maximum atomic E-state index is 3.67. The Balaban J connectivity index is 1.79. The lowest BCUT2D eigenvalue weighted by molar-refractivity contribution is 0.607. The summed E-state index contributed by atoms with van der Waals surface area (Å²) in [6, 6.07) is 2.90. The lowest BCUT2D eigenvalue weighted by atomic mass is 10.3. The first-order chi connectivity index (χ1) is 7.36. The number of nitrogens with one attached hydrogen (secondary N) is 1. The summed E-state index contributed by atoms with van der Waals surface area (Å²) >= 11 is 6.04. The van der Waals surface area contributed by atoms with Crippen LogP contribution in [-0.2, 0) is 6.54 Å². The molecule has 1 saturated heterocycles. The number of hydrogen-bond acceptors (Lipinski definition) is 4. The van der Waals surface area contributed by atoms with Gasteiger partial charge in [-0.05, 0) is 23.9 Å². The van der Waals surface area contributed by atoms with Crippen molar-refractivity contribution in [3.05, 3.63) is 21.9 Å². The molecule has 15 heavy (non-hydrogen) atoms. The number of thiophene rings is 1. The van der Waals surface area contributed by atoms with Crippen LogP contribution in [0.15, 0.2) is 11.4 Å². The lowest BCUT2D eigenvalue weighted by Crippen LogP contribution is -2.32. The molecule has 1 aromatic rings. The highest BCUT2D eigenvalue weighted by atomic mass is 32.2. The maximum absolute atomic E-state index is 3.67. The van der Waals surface area contributed by atoms with Gasteiger partial charge in [-0.1, -0.05) is 0 Å². The van der Waals surface area contributed by atoms with Gasteiger partial charge in [0.05, 0.1) is 0 Å². The molecule has 84 valence electrons. The van der Waals surface area contributed by atoms with Crippen molar-refractivity contribution in [2.45, 2.75) is 19.5 Å². The molecule has 0 unspecified atom stereocenters. The summed E-state index contributed by atoms with van der Waals surface area (Å²) in [5.41, 5.74) is 1.43. The van der Waals surface area contributed by atoms with Gasteiger partial charge in [-0.3, -0.25) is 0 Å². The van der Waals surface area contributed by atoms with Gasteiger partial charge in [0.2, 0.25) is 0 Å². The summed E-state index contributed by atoms with van der Waals surface area (Å²) in [7, 11) is 0. The molecule has 1 nitrogen and oxygen atoms in total. The Kier molecular flexibility index (Phi) is 4.88. The Hall–Kier alpha value is 0.360. The first-order valence-corrected chi connectivity index (χ1v) is 8.47. The smallest absolute Gasteiger partial charge is 0.0305 e. The van der Waals surface area contributed by atoms with Crippen molar-refractivity contribution in [3.8, 4) is 0 Å². The predicted molar refractivity (Wildman–Crippen MR) is 74.3 cm³/mol. The van der Waals surface area contributed by atoms with Gasteiger partial charge in [0.15, 0.2) is 0 Å². The van der Waals surface area contributed by atoms with Crippen LogP contribution in [0.25, 0.3) is 0 Å². The zero-order valence-corrected chi connectivity index (χ0v) is 11.4. The van der Waals surface area contributed by atoms with E-state index in [2.05, 4.69) is 47.2 Å². The fraction of sp³-hybridized carbons (Fsp3) is 0.636. The minimum absolute atomic E-state index is 0.698. The minimum Gasteiger partial charge on any atom is -0.307 e. The molecule has 1 aliphatic heterocycles. The van der Waals surface area contributed by atoms with Gasteiger partial charge in [0, 0.05) is 40.5 Å². The highest BCUT2D eigenvalue weighted by Gasteiger charge is 2.12. The Morgan fingerprint density at radius 2 is 2.07 bits per heavy atom. The molecule has 0 aliphatic carbocycles. The topological polar surface area (TPSA) is 12.0 Å². The van der Waals surface area contributed by atoms with Crippen LogP contribution in [-0.4, -0.2) is 29.1 Å². The molecule has 0 aromatic carbocycles. The van der Waals surface area contributed by atoms with Crippen LogP contribution in [0.3, 0.4) is 0 Å². The van der Waals surface area contributed by atoms with Crippen LogP contribution in [0.2, 0.25) is 0 Å². The molecule has 0 amide bonds. The van der Waals surface area contributed by atoms with Crippen LogP contribution in [0.4, 0.5) is 0 Å². The van der Waals surface area contributed by atoms with E-state index >= 15 is 0 Å². The molecule has 2 rings (SSSR count). The molecule has 4 heteroatoms. The molecular formula is C11H17NS3. The summed E-state index contributed by atoms with van der Waals surface area (Å²) in [6.45, 7) is 3.25. The standard InChI is InChI=1S/C11H17NS3/c1-9-2-3-15-11(9)6-12-10-7-13-4-5-14-8-10/h2-3,10,12H,4-8H2,1H3. The zero-order valence-electron chi connectivity index (χ0n) is 8.99. The van der Waals surface area contributed by atoms with Gasteiger partial charge in [0.1, 0.15) is 0 Å². The molecule has 0 atom stereocenters. The number of thioether (sulfide) groups is 2. The predicted octanol–water partition coefficient (Wildman–Crippen LogP) is 2.99. The summed E-state index contributed by atoms with van der Waals surface area (Å²) < 4.78 is 0. The van der Waals surface area contributed by atoms with Crippen LogP contribution in [0.1, 0.15) is 10.4 Å². The van der Waals surface area contributed by atoms with Crippen molar-refractivity contribution >= 4 is 34.9 Å². The van der Waals surface area contributed by atoms with E-state index in [-0.39, 0.29) is 0 Å². The van der Waals surface area contributed by atoms with E-state index in [4.69, 9.17) is 0 Å². The van der Waals surface area contributed by atoms with E-state index in [9.17, 15) is 0 Å². The molecule has 1 aromatic heterocycles. The fourth-order valence-corrected chi connectivity index (χ4v) is 4.88. The molecule has 1 N–H and O–H groups in total. The molecular weight excluding hydrogens is 242 g/mol. The quantitative estimate of drug-likeness (QED) is 0.896. The van der Waals surface area contributed by atoms with E-state index in [0.717, 1.165) is 6.54 Å². The van der Waals surface area contributed by atoms with Gasteiger partial charge in [-0.15, -0.1) is 11.3 Å². The summed E-state index contributed by atoms with van der Waals surface area (Å²) in [4.78, 5) is 1.49. The van der Waals surface area contributed by atoms with Crippen molar-refractivity contribution in [3.63, 3.8) is 0 Å². The fourth-order valence-electron chi connectivity index (χ4n) is 1.56. The van der Waals surface area contributed by atoms with Crippen molar-refractivity contribution in [1.82, 2.24) is 5.32 Å². The number of aryl methyl sites for hydroxylation is 1. The zero-order chi connectivity index (χ0) is 10.5. The average Bonchev–Trinajstić information content (AvgIpc) is 2.53. The molecule has 0 radical (unpaired) electrons. The van der Waals surface area contributed by atoms with E-state index in [0.29, 0.717) is 6.04 Å². The van der Waals surface area contributed by atoms with Crippen LogP contribution in [0, 0.1) is 6.92 Å². The van der Waals surface area contributed by atoms with E-state index < -0.39 is 0 Å². The van der Waals surface area contributed by atoms with Gasteiger partial charge < -0.3 is 5.32 Å². The Morgan fingerprint density at radius 1 is 1.33 bits per heavy atom. The maximum Gasteiger partial charge on any atom is 0.0305 e. The minimum atomic E-state index is 0.698. The number of hydrogen-bond donors (Lipinski definition) is 1. The third-order valence-corrected chi connectivity index (χ3v) is 6.07. The molecule has 0 spiro atoms. The lowest BCUT2D eigenvalue weighted by Gasteiger charge is -2.14. The normalized spacial score (nSPS) is 19.0. The summed E-state index contributed by atoms with van der Waals surface area (Å²) in [5, 5.41) is 5.86. The van der Waals surface area contributed by atoms with Gasteiger partial charge in [-0.2, -0.15) is 23.5 Å². The van der Waals surface area contributed by atoms with Gasteiger partial charge >= 0.3 is 0 Å². The van der Waals surface area contributed by atoms with Crippen molar-refractivity contribution < 1.29 is 0 Å². The second-order valence-electron chi connectivity index (χ2n) is 3.75. The number of rotatable bonds is 3. The van der Waals surface area contributed by atoms with Crippen LogP contribution < -0.4 is 5.32 Å². The Labute approximate surface area is 104 Å². The van der Waals surface area contributed by atoms with Crippen molar-refractivity contribution in [2.75, 3.05) is 23.0 Å². The first kappa shape index (κ1) is 11.8. The monoisotopic (exact) mass is 259 g/mol. The van der Waals surface area contributed by atoms with Crippen molar-refractivity contribution in [1.29, 1.82) is 0 Å². The van der Waals surface area contributed by atoms with Gasteiger partial charge in [0.25, 0.3) is 0 Å². The highest BCUT2D eigenvalue weighted by Crippen LogP contribution is 2.19. The highest BCUT2D eigenvalue weighted by molar-refractivity contribution is 8.03. The first-order valence-electron chi connectivity index (χ1n) is 5.28. The van der Waals surface area contributed by atoms with E-state index in [1.807, 2.05) is 11.3 Å². The second-order valence-corrected chi connectivity index (χ2v) is 7.05. The largest absolute Gasteiger partial charge is 0.307 e. The van der Waals surface area contributed by atoms with Gasteiger partial charge in [-0.25, -0.2) is 0 Å². The molecule has 1 aliphatic rings. The molecule has 2 heterocycles. The van der Waals surface area contributed by atoms with Crippen molar-refractivity contribution in [2.24, 2.45) is 0 Å². The third-order valence-electron chi connectivity index (χ3n) is 2.53. The summed E-state index contributed by atoms with van der Waals surface area (Å²) in [6.07, 6.45) is 0. The Morgan fingerprint density at radius 3 is 2.67 bits per heavy atom. The van der Waals surface area contributed by atoms with Crippen LogP contribution in [0.5, 0.6) is 0 Å². The van der Waals surface area contributed by atoms with E-state index in [1.165, 1.54) is 33.5 Å².